The number of carbonyl (C=O) groups excluding carboxylic acids is 3. The van der Waals surface area contributed by atoms with E-state index in [1.807, 2.05) is 13.0 Å². The van der Waals surface area contributed by atoms with Gasteiger partial charge in [-0.3, -0.25) is 14.4 Å². The van der Waals surface area contributed by atoms with Gasteiger partial charge in [0, 0.05) is 16.7 Å². The van der Waals surface area contributed by atoms with E-state index in [0.29, 0.717) is 6.42 Å². The van der Waals surface area contributed by atoms with E-state index in [1.165, 1.54) is 5.37 Å². The maximum absolute atomic E-state index is 13.2. The molecule has 0 bridgehead atoms. The SMILES string of the molecule is CC(C)(C=S)C(=O)OCC(=O)[C@@]1(O)CC[C@H]2[C@@H]3CCC4=CC(=O)C=C[C@]4(C)[C@H]3[C@@H](O)C[C@@]21C. The molecular formula is C26H34O6S. The van der Waals surface area contributed by atoms with Gasteiger partial charge < -0.3 is 14.9 Å². The van der Waals surface area contributed by atoms with Crippen molar-refractivity contribution in [2.75, 3.05) is 6.61 Å². The van der Waals surface area contributed by atoms with Crippen LogP contribution in [0.2, 0.25) is 0 Å². The number of carbonyl (C=O) groups is 3. The Morgan fingerprint density at radius 3 is 2.67 bits per heavy atom. The fourth-order valence-corrected chi connectivity index (χ4v) is 7.37. The van der Waals surface area contributed by atoms with Gasteiger partial charge in [-0.05, 0) is 75.3 Å². The second-order valence-electron chi connectivity index (χ2n) is 11.4. The smallest absolute Gasteiger partial charge is 0.316 e. The fraction of sp³-hybridized carbons (Fsp3) is 0.692. The van der Waals surface area contributed by atoms with Gasteiger partial charge in [0.15, 0.2) is 12.4 Å². The lowest BCUT2D eigenvalue weighted by molar-refractivity contribution is -0.182. The first-order chi connectivity index (χ1) is 15.3. The first-order valence-corrected chi connectivity index (χ1v) is 12.3. The minimum atomic E-state index is -1.67. The van der Waals surface area contributed by atoms with Gasteiger partial charge in [0.25, 0.3) is 0 Å². The van der Waals surface area contributed by atoms with E-state index in [2.05, 4.69) is 6.92 Å². The number of thiocarbonyl (C=S) groups is 1. The summed E-state index contributed by atoms with van der Waals surface area (Å²) in [5.74, 6) is -1.02. The minimum absolute atomic E-state index is 0.0109. The Morgan fingerprint density at radius 2 is 2.00 bits per heavy atom. The third kappa shape index (κ3) is 3.50. The zero-order valence-electron chi connectivity index (χ0n) is 19.8. The maximum atomic E-state index is 13.2. The lowest BCUT2D eigenvalue weighted by atomic mass is 9.46. The summed E-state index contributed by atoms with van der Waals surface area (Å²) in [4.78, 5) is 37.5. The van der Waals surface area contributed by atoms with Crippen LogP contribution in [-0.4, -0.2) is 51.4 Å². The highest BCUT2D eigenvalue weighted by atomic mass is 32.1. The molecule has 4 rings (SSSR count). The average molecular weight is 475 g/mol. The number of hydrogen-bond acceptors (Lipinski definition) is 7. The molecule has 0 saturated heterocycles. The molecule has 0 unspecified atom stereocenters. The molecule has 0 heterocycles. The Labute approximate surface area is 200 Å². The summed E-state index contributed by atoms with van der Waals surface area (Å²) in [5.41, 5.74) is -2.81. The molecule has 0 radical (unpaired) electrons. The molecule has 3 saturated carbocycles. The van der Waals surface area contributed by atoms with Crippen molar-refractivity contribution in [3.8, 4) is 0 Å². The van der Waals surface area contributed by atoms with Crippen LogP contribution < -0.4 is 0 Å². The van der Waals surface area contributed by atoms with Gasteiger partial charge in [-0.15, -0.1) is 0 Å². The van der Waals surface area contributed by atoms with Crippen LogP contribution in [0.3, 0.4) is 0 Å². The van der Waals surface area contributed by atoms with Crippen LogP contribution in [0.4, 0.5) is 0 Å². The molecule has 2 N–H and O–H groups in total. The number of rotatable bonds is 5. The van der Waals surface area contributed by atoms with Crippen molar-refractivity contribution >= 4 is 35.1 Å². The highest BCUT2D eigenvalue weighted by Gasteiger charge is 2.68. The second kappa shape index (κ2) is 7.92. The van der Waals surface area contributed by atoms with Crippen LogP contribution in [0.5, 0.6) is 0 Å². The van der Waals surface area contributed by atoms with Crippen molar-refractivity contribution in [1.29, 1.82) is 0 Å². The molecule has 0 aromatic rings. The van der Waals surface area contributed by atoms with E-state index in [4.69, 9.17) is 17.0 Å². The number of aliphatic hydroxyl groups excluding tert-OH is 1. The Bertz CT molecular complexity index is 966. The number of esters is 1. The van der Waals surface area contributed by atoms with E-state index >= 15 is 0 Å². The van der Waals surface area contributed by atoms with Crippen LogP contribution >= 0.6 is 12.2 Å². The standard InChI is InChI=1S/C26H34O6S/c1-23(2,14-33)22(30)32-13-20(29)26(31)10-8-18-17-6-5-15-11-16(27)7-9-24(15,3)21(17)19(28)12-25(18,26)4/h7,9,11,14,17-19,21,28,31H,5-6,8,10,12-13H2,1-4H3/t17-,18-,19-,21+,24-,25-,26-/m0/s1. The molecule has 4 aliphatic carbocycles. The molecule has 0 spiro atoms. The molecule has 3 fully saturated rings. The fourth-order valence-electron chi connectivity index (χ4n) is 7.27. The van der Waals surface area contributed by atoms with Crippen LogP contribution in [0.25, 0.3) is 0 Å². The van der Waals surface area contributed by atoms with Crippen molar-refractivity contribution in [1.82, 2.24) is 0 Å². The predicted molar refractivity (Wildman–Crippen MR) is 126 cm³/mol. The van der Waals surface area contributed by atoms with Crippen molar-refractivity contribution in [3.63, 3.8) is 0 Å². The van der Waals surface area contributed by atoms with E-state index < -0.39 is 46.3 Å². The van der Waals surface area contributed by atoms with E-state index in [9.17, 15) is 24.6 Å². The molecule has 0 amide bonds. The molecule has 0 aromatic heterocycles. The monoisotopic (exact) mass is 474 g/mol. The number of ether oxygens (including phenoxy) is 1. The van der Waals surface area contributed by atoms with Crippen LogP contribution in [0, 0.1) is 34.0 Å². The van der Waals surface area contributed by atoms with Gasteiger partial charge in [0.1, 0.15) is 5.60 Å². The maximum Gasteiger partial charge on any atom is 0.316 e. The molecule has 33 heavy (non-hydrogen) atoms. The molecule has 4 aliphatic rings. The minimum Gasteiger partial charge on any atom is -0.457 e. The quantitative estimate of drug-likeness (QED) is 0.466. The first kappa shape index (κ1) is 24.4. The van der Waals surface area contributed by atoms with E-state index in [0.717, 1.165) is 18.4 Å². The highest BCUT2D eigenvalue weighted by Crippen LogP contribution is 2.67. The summed E-state index contributed by atoms with van der Waals surface area (Å²) in [6, 6.07) is 0. The molecule has 7 atom stereocenters. The molecule has 180 valence electrons. The first-order valence-electron chi connectivity index (χ1n) is 11.8. The second-order valence-corrected chi connectivity index (χ2v) is 11.7. The number of ketones is 2. The van der Waals surface area contributed by atoms with Crippen LogP contribution in [0.15, 0.2) is 23.8 Å². The molecular weight excluding hydrogens is 440 g/mol. The number of aliphatic hydroxyl groups is 2. The lowest BCUT2D eigenvalue weighted by Gasteiger charge is -2.59. The van der Waals surface area contributed by atoms with E-state index in [-0.39, 0.29) is 36.4 Å². The van der Waals surface area contributed by atoms with E-state index in [1.54, 1.807) is 26.0 Å². The Hall–Kier alpha value is -1.70. The van der Waals surface area contributed by atoms with Gasteiger partial charge in [-0.2, -0.15) is 0 Å². The Balaban J connectivity index is 1.58. The third-order valence-electron chi connectivity index (χ3n) is 9.26. The zero-order valence-corrected chi connectivity index (χ0v) is 20.6. The zero-order chi connectivity index (χ0) is 24.4. The van der Waals surface area contributed by atoms with Gasteiger partial charge >= 0.3 is 5.97 Å². The largest absolute Gasteiger partial charge is 0.457 e. The summed E-state index contributed by atoms with van der Waals surface area (Å²) in [5, 5.41) is 24.4. The summed E-state index contributed by atoms with van der Waals surface area (Å²) < 4.78 is 5.23. The number of Topliss-reactive ketones (excluding diaryl/α,β-unsaturated/α-hetero) is 1. The van der Waals surface area contributed by atoms with Gasteiger partial charge in [0.05, 0.1) is 11.5 Å². The van der Waals surface area contributed by atoms with Gasteiger partial charge in [-0.25, -0.2) is 0 Å². The number of fused-ring (bicyclic) bond motifs is 5. The van der Waals surface area contributed by atoms with Gasteiger partial charge in [0.2, 0.25) is 5.78 Å². The van der Waals surface area contributed by atoms with Crippen molar-refractivity contribution in [3.05, 3.63) is 23.8 Å². The molecule has 6 nitrogen and oxygen atoms in total. The topological polar surface area (TPSA) is 101 Å². The molecule has 7 heteroatoms. The normalized spacial score (nSPS) is 42.0. The highest BCUT2D eigenvalue weighted by molar-refractivity contribution is 7.79. The molecule has 0 aromatic carbocycles. The summed E-state index contributed by atoms with van der Waals surface area (Å²) in [6.07, 6.45) is 7.34. The third-order valence-corrected chi connectivity index (χ3v) is 9.85. The summed E-state index contributed by atoms with van der Waals surface area (Å²) in [7, 11) is 0. The average Bonchev–Trinajstić information content (AvgIpc) is 3.03. The van der Waals surface area contributed by atoms with Crippen LogP contribution in [-0.2, 0) is 19.1 Å². The van der Waals surface area contributed by atoms with Crippen molar-refractivity contribution in [2.24, 2.45) is 34.0 Å². The van der Waals surface area contributed by atoms with Crippen molar-refractivity contribution < 1.29 is 29.3 Å². The lowest BCUT2D eigenvalue weighted by Crippen LogP contribution is -2.61. The van der Waals surface area contributed by atoms with Gasteiger partial charge in [-0.1, -0.05) is 37.7 Å². The predicted octanol–water partition coefficient (Wildman–Crippen LogP) is 3.13. The number of allylic oxidation sites excluding steroid dienone is 4. The van der Waals surface area contributed by atoms with Crippen molar-refractivity contribution in [2.45, 2.75) is 71.5 Å². The Morgan fingerprint density at radius 1 is 1.30 bits per heavy atom. The molecule has 0 aliphatic heterocycles. The Kier molecular flexibility index (Phi) is 5.86. The number of hydrogen-bond donors (Lipinski definition) is 2. The van der Waals surface area contributed by atoms with Crippen LogP contribution in [0.1, 0.15) is 59.8 Å². The summed E-state index contributed by atoms with van der Waals surface area (Å²) in [6.45, 7) is 6.72. The summed E-state index contributed by atoms with van der Waals surface area (Å²) >= 11 is 4.88.